The van der Waals surface area contributed by atoms with Crippen molar-refractivity contribution in [1.29, 1.82) is 0 Å². The number of benzene rings is 1. The number of aliphatic carboxylic acids is 1. The first-order valence-electron chi connectivity index (χ1n) is 6.03. The molecule has 1 aromatic rings. The van der Waals surface area contributed by atoms with E-state index >= 15 is 0 Å². The van der Waals surface area contributed by atoms with Crippen molar-refractivity contribution in [2.75, 3.05) is 6.54 Å². The Kier molecular flexibility index (Phi) is 5.16. The van der Waals surface area contributed by atoms with Gasteiger partial charge in [0.05, 0.1) is 0 Å². The molecule has 17 heavy (non-hydrogen) atoms. The molecule has 94 valence electrons. The topological polar surface area (TPSA) is 49.3 Å². The number of carboxylic acid groups (broad SMARTS) is 1. The van der Waals surface area contributed by atoms with E-state index in [1.807, 2.05) is 18.2 Å². The Bertz CT molecular complexity index is 348. The fourth-order valence-corrected chi connectivity index (χ4v) is 1.83. The summed E-state index contributed by atoms with van der Waals surface area (Å²) in [4.78, 5) is 10.8. The minimum Gasteiger partial charge on any atom is -0.480 e. The van der Waals surface area contributed by atoms with Crippen LogP contribution in [0.25, 0.3) is 0 Å². The van der Waals surface area contributed by atoms with Gasteiger partial charge < -0.3 is 10.4 Å². The molecule has 0 saturated carbocycles. The van der Waals surface area contributed by atoms with Crippen LogP contribution in [0, 0.1) is 5.92 Å². The molecule has 0 aliphatic heterocycles. The molecule has 0 aliphatic carbocycles. The van der Waals surface area contributed by atoms with Crippen molar-refractivity contribution >= 4 is 5.97 Å². The smallest absolute Gasteiger partial charge is 0.320 e. The van der Waals surface area contributed by atoms with E-state index in [1.54, 1.807) is 6.92 Å². The zero-order valence-electron chi connectivity index (χ0n) is 10.7. The van der Waals surface area contributed by atoms with Crippen LogP contribution in [0.3, 0.4) is 0 Å². The summed E-state index contributed by atoms with van der Waals surface area (Å²) in [6.07, 6.45) is 0. The Balaban J connectivity index is 2.65. The average Bonchev–Trinajstić information content (AvgIpc) is 2.29. The molecule has 0 aliphatic rings. The van der Waals surface area contributed by atoms with E-state index in [2.05, 4.69) is 31.3 Å². The third-order valence-corrected chi connectivity index (χ3v) is 3.05. The normalized spacial score (nSPS) is 14.6. The van der Waals surface area contributed by atoms with Gasteiger partial charge in [-0.1, -0.05) is 44.2 Å². The summed E-state index contributed by atoms with van der Waals surface area (Å²) in [6.45, 7) is 6.68. The minimum atomic E-state index is -0.805. The van der Waals surface area contributed by atoms with E-state index in [1.165, 1.54) is 5.56 Å². The molecule has 3 heteroatoms. The van der Waals surface area contributed by atoms with Gasteiger partial charge >= 0.3 is 5.97 Å². The van der Waals surface area contributed by atoms with Crippen molar-refractivity contribution in [3.8, 4) is 0 Å². The van der Waals surface area contributed by atoms with Crippen molar-refractivity contribution in [2.24, 2.45) is 5.92 Å². The van der Waals surface area contributed by atoms with Gasteiger partial charge in [-0.25, -0.2) is 0 Å². The van der Waals surface area contributed by atoms with E-state index < -0.39 is 12.0 Å². The lowest BCUT2D eigenvalue weighted by atomic mass is 9.88. The third-order valence-electron chi connectivity index (χ3n) is 3.05. The van der Waals surface area contributed by atoms with Gasteiger partial charge in [-0.3, -0.25) is 4.79 Å². The highest BCUT2D eigenvalue weighted by Crippen LogP contribution is 2.23. The van der Waals surface area contributed by atoms with Crippen LogP contribution >= 0.6 is 0 Å². The molecule has 2 unspecified atom stereocenters. The minimum absolute atomic E-state index is 0.345. The maximum absolute atomic E-state index is 10.8. The largest absolute Gasteiger partial charge is 0.480 e. The fraction of sp³-hybridized carbons (Fsp3) is 0.500. The van der Waals surface area contributed by atoms with E-state index in [9.17, 15) is 4.79 Å². The number of carboxylic acids is 1. The predicted octanol–water partition coefficient (Wildman–Crippen LogP) is 2.49. The number of hydrogen-bond donors (Lipinski definition) is 2. The molecule has 0 amide bonds. The quantitative estimate of drug-likeness (QED) is 0.796. The molecule has 1 rings (SSSR count). The first-order valence-corrected chi connectivity index (χ1v) is 6.03. The Morgan fingerprint density at radius 1 is 1.24 bits per heavy atom. The maximum Gasteiger partial charge on any atom is 0.320 e. The lowest BCUT2D eigenvalue weighted by Crippen LogP contribution is -2.37. The van der Waals surface area contributed by atoms with Crippen molar-refractivity contribution in [3.63, 3.8) is 0 Å². The van der Waals surface area contributed by atoms with E-state index in [0.717, 1.165) is 0 Å². The second-order valence-electron chi connectivity index (χ2n) is 4.73. The zero-order chi connectivity index (χ0) is 12.8. The van der Waals surface area contributed by atoms with Gasteiger partial charge in [0, 0.05) is 6.54 Å². The predicted molar refractivity (Wildman–Crippen MR) is 69.1 cm³/mol. The van der Waals surface area contributed by atoms with Gasteiger partial charge in [-0.2, -0.15) is 0 Å². The molecule has 0 bridgehead atoms. The summed E-state index contributed by atoms with van der Waals surface area (Å²) in [5, 5.41) is 11.9. The fourth-order valence-electron chi connectivity index (χ4n) is 1.83. The highest BCUT2D eigenvalue weighted by molar-refractivity contribution is 5.72. The molecule has 0 spiro atoms. The Labute approximate surface area is 103 Å². The molecular weight excluding hydrogens is 214 g/mol. The molecule has 2 N–H and O–H groups in total. The maximum atomic E-state index is 10.8. The SMILES string of the molecule is CC(NCC(c1ccccc1)C(C)C)C(=O)O. The highest BCUT2D eigenvalue weighted by Gasteiger charge is 2.18. The number of hydrogen-bond acceptors (Lipinski definition) is 2. The molecule has 1 aromatic carbocycles. The summed E-state index contributed by atoms with van der Waals surface area (Å²) >= 11 is 0. The zero-order valence-corrected chi connectivity index (χ0v) is 10.7. The second-order valence-corrected chi connectivity index (χ2v) is 4.73. The Morgan fingerprint density at radius 2 is 1.82 bits per heavy atom. The standard InChI is InChI=1S/C14H21NO2/c1-10(2)13(9-15-11(3)14(16)17)12-7-5-4-6-8-12/h4-8,10-11,13,15H,9H2,1-3H3,(H,16,17). The van der Waals surface area contributed by atoms with Gasteiger partial charge in [-0.05, 0) is 24.3 Å². The van der Waals surface area contributed by atoms with Gasteiger partial charge in [0.2, 0.25) is 0 Å². The van der Waals surface area contributed by atoms with Crippen LogP contribution in [0.2, 0.25) is 0 Å². The molecule has 3 nitrogen and oxygen atoms in total. The third kappa shape index (κ3) is 4.19. The van der Waals surface area contributed by atoms with Crippen LogP contribution < -0.4 is 5.32 Å². The molecule has 0 radical (unpaired) electrons. The van der Waals surface area contributed by atoms with Crippen molar-refractivity contribution in [2.45, 2.75) is 32.7 Å². The molecule has 0 fully saturated rings. The molecule has 2 atom stereocenters. The lowest BCUT2D eigenvalue weighted by Gasteiger charge is -2.23. The monoisotopic (exact) mass is 235 g/mol. The first-order chi connectivity index (χ1) is 8.02. The van der Waals surface area contributed by atoms with Crippen LogP contribution in [0.15, 0.2) is 30.3 Å². The summed E-state index contributed by atoms with van der Waals surface area (Å²) in [5.41, 5.74) is 1.26. The van der Waals surface area contributed by atoms with Crippen LogP contribution in [0.1, 0.15) is 32.3 Å². The van der Waals surface area contributed by atoms with Gasteiger partial charge in [0.25, 0.3) is 0 Å². The van der Waals surface area contributed by atoms with E-state index in [4.69, 9.17) is 5.11 Å². The van der Waals surface area contributed by atoms with Crippen LogP contribution in [-0.4, -0.2) is 23.7 Å². The summed E-state index contributed by atoms with van der Waals surface area (Å²) in [6, 6.07) is 9.72. The lowest BCUT2D eigenvalue weighted by molar-refractivity contribution is -0.139. The summed E-state index contributed by atoms with van der Waals surface area (Å²) in [7, 11) is 0. The van der Waals surface area contributed by atoms with Gasteiger partial charge in [-0.15, -0.1) is 0 Å². The summed E-state index contributed by atoms with van der Waals surface area (Å²) < 4.78 is 0. The summed E-state index contributed by atoms with van der Waals surface area (Å²) in [5.74, 6) is 0.0180. The van der Waals surface area contributed by atoms with E-state index in [0.29, 0.717) is 18.4 Å². The van der Waals surface area contributed by atoms with Crippen molar-refractivity contribution < 1.29 is 9.90 Å². The van der Waals surface area contributed by atoms with Crippen LogP contribution in [-0.2, 0) is 4.79 Å². The Morgan fingerprint density at radius 3 is 2.29 bits per heavy atom. The molecule has 0 saturated heterocycles. The highest BCUT2D eigenvalue weighted by atomic mass is 16.4. The molecule has 0 heterocycles. The van der Waals surface area contributed by atoms with Crippen LogP contribution in [0.5, 0.6) is 0 Å². The van der Waals surface area contributed by atoms with Gasteiger partial charge in [0.15, 0.2) is 0 Å². The number of rotatable bonds is 6. The second kappa shape index (κ2) is 6.40. The number of carbonyl (C=O) groups is 1. The number of nitrogens with one attached hydrogen (secondary N) is 1. The molecule has 0 aromatic heterocycles. The first kappa shape index (κ1) is 13.7. The molecular formula is C14H21NO2. The Hall–Kier alpha value is -1.35. The van der Waals surface area contributed by atoms with E-state index in [-0.39, 0.29) is 0 Å². The van der Waals surface area contributed by atoms with Crippen molar-refractivity contribution in [1.82, 2.24) is 5.32 Å². The van der Waals surface area contributed by atoms with Crippen molar-refractivity contribution in [3.05, 3.63) is 35.9 Å². The van der Waals surface area contributed by atoms with Gasteiger partial charge in [0.1, 0.15) is 6.04 Å². The average molecular weight is 235 g/mol. The van der Waals surface area contributed by atoms with Crippen LogP contribution in [0.4, 0.5) is 0 Å².